The number of nitrogen functional groups attached to an aromatic ring is 1. The van der Waals surface area contributed by atoms with Gasteiger partial charge in [-0.25, -0.2) is 4.79 Å². The van der Waals surface area contributed by atoms with Crippen LogP contribution in [-0.4, -0.2) is 5.97 Å². The van der Waals surface area contributed by atoms with E-state index < -0.39 is 0 Å². The Labute approximate surface area is 133 Å². The van der Waals surface area contributed by atoms with Gasteiger partial charge in [-0.2, -0.15) is 0 Å². The largest absolute Gasteiger partial charge is 0.457 e. The van der Waals surface area contributed by atoms with Crippen LogP contribution in [0.3, 0.4) is 0 Å². The number of aryl methyl sites for hydroxylation is 3. The topological polar surface area (TPSA) is 52.3 Å². The summed E-state index contributed by atoms with van der Waals surface area (Å²) in [5, 5.41) is 0. The van der Waals surface area contributed by atoms with Gasteiger partial charge >= 0.3 is 5.97 Å². The Kier molecular flexibility index (Phi) is 4.68. The van der Waals surface area contributed by atoms with E-state index in [0.29, 0.717) is 11.3 Å². The highest BCUT2D eigenvalue weighted by atomic mass is 79.9. The summed E-state index contributed by atoms with van der Waals surface area (Å²) in [5.41, 5.74) is 11.2. The highest BCUT2D eigenvalue weighted by molar-refractivity contribution is 9.10. The molecule has 4 heteroatoms. The van der Waals surface area contributed by atoms with Crippen LogP contribution >= 0.6 is 15.9 Å². The van der Waals surface area contributed by atoms with Crippen molar-refractivity contribution in [3.05, 3.63) is 62.6 Å². The molecule has 0 saturated heterocycles. The molecule has 0 aliphatic heterocycles. The van der Waals surface area contributed by atoms with Gasteiger partial charge in [-0.05, 0) is 55.7 Å². The standard InChI is InChI=1S/C17H18BrNO2/c1-10-4-11(2)16(12(3)5-10)9-21-17(20)13-6-14(18)8-15(19)7-13/h4-8H,9,19H2,1-3H3. The Hall–Kier alpha value is -1.81. The van der Waals surface area contributed by atoms with Crippen molar-refractivity contribution >= 4 is 27.6 Å². The van der Waals surface area contributed by atoms with Gasteiger partial charge in [-0.3, -0.25) is 0 Å². The Morgan fingerprint density at radius 1 is 1.10 bits per heavy atom. The number of hydrogen-bond acceptors (Lipinski definition) is 3. The van der Waals surface area contributed by atoms with Crippen LogP contribution in [0.15, 0.2) is 34.8 Å². The van der Waals surface area contributed by atoms with Gasteiger partial charge in [-0.15, -0.1) is 0 Å². The number of esters is 1. The molecule has 0 spiro atoms. The summed E-state index contributed by atoms with van der Waals surface area (Å²) in [7, 11) is 0. The molecule has 0 fully saturated rings. The third kappa shape index (κ3) is 3.85. The first-order valence-corrected chi connectivity index (χ1v) is 7.46. The molecule has 0 aliphatic rings. The smallest absolute Gasteiger partial charge is 0.338 e. The maximum atomic E-state index is 12.1. The van der Waals surface area contributed by atoms with Gasteiger partial charge in [0.15, 0.2) is 0 Å². The van der Waals surface area contributed by atoms with Crippen molar-refractivity contribution in [1.29, 1.82) is 0 Å². The molecule has 21 heavy (non-hydrogen) atoms. The number of anilines is 1. The predicted molar refractivity (Wildman–Crippen MR) is 88.3 cm³/mol. The summed E-state index contributed by atoms with van der Waals surface area (Å²) in [5.74, 6) is -0.373. The molecule has 2 rings (SSSR count). The lowest BCUT2D eigenvalue weighted by Gasteiger charge is -2.12. The second kappa shape index (κ2) is 6.31. The van der Waals surface area contributed by atoms with E-state index in [1.165, 1.54) is 5.56 Å². The maximum Gasteiger partial charge on any atom is 0.338 e. The van der Waals surface area contributed by atoms with E-state index in [2.05, 4.69) is 35.0 Å². The van der Waals surface area contributed by atoms with Crippen molar-refractivity contribution in [2.24, 2.45) is 0 Å². The summed E-state index contributed by atoms with van der Waals surface area (Å²) in [4.78, 5) is 12.1. The summed E-state index contributed by atoms with van der Waals surface area (Å²) < 4.78 is 6.17. The van der Waals surface area contributed by atoms with Gasteiger partial charge in [0.2, 0.25) is 0 Å². The average molecular weight is 348 g/mol. The lowest BCUT2D eigenvalue weighted by atomic mass is 10.0. The molecule has 0 heterocycles. The zero-order valence-electron chi connectivity index (χ0n) is 12.4. The molecule has 0 unspecified atom stereocenters. The van der Waals surface area contributed by atoms with Crippen molar-refractivity contribution in [2.45, 2.75) is 27.4 Å². The number of carbonyl (C=O) groups is 1. The molecule has 3 nitrogen and oxygen atoms in total. The number of rotatable bonds is 3. The summed E-state index contributed by atoms with van der Waals surface area (Å²) in [6.07, 6.45) is 0. The minimum Gasteiger partial charge on any atom is -0.457 e. The summed E-state index contributed by atoms with van der Waals surface area (Å²) in [6, 6.07) is 9.24. The van der Waals surface area contributed by atoms with Gasteiger partial charge in [0, 0.05) is 10.2 Å². The number of hydrogen-bond donors (Lipinski definition) is 1. The fourth-order valence-corrected chi connectivity index (χ4v) is 2.90. The Balaban J connectivity index is 2.15. The van der Waals surface area contributed by atoms with E-state index in [-0.39, 0.29) is 12.6 Å². The Bertz CT molecular complexity index is 652. The van der Waals surface area contributed by atoms with Crippen LogP contribution in [0.25, 0.3) is 0 Å². The molecule has 0 bridgehead atoms. The summed E-state index contributed by atoms with van der Waals surface area (Å²) in [6.45, 7) is 6.38. The molecule has 2 N–H and O–H groups in total. The molecule has 2 aromatic rings. The van der Waals surface area contributed by atoms with Crippen molar-refractivity contribution in [1.82, 2.24) is 0 Å². The van der Waals surface area contributed by atoms with Crippen molar-refractivity contribution < 1.29 is 9.53 Å². The normalized spacial score (nSPS) is 10.5. The van der Waals surface area contributed by atoms with E-state index >= 15 is 0 Å². The molecule has 0 saturated carbocycles. The highest BCUT2D eigenvalue weighted by Gasteiger charge is 2.11. The first-order chi connectivity index (χ1) is 9.86. The van der Waals surface area contributed by atoms with Gasteiger partial charge in [0.1, 0.15) is 6.61 Å². The molecule has 0 amide bonds. The Morgan fingerprint density at radius 3 is 2.29 bits per heavy atom. The van der Waals surface area contributed by atoms with Crippen molar-refractivity contribution in [3.8, 4) is 0 Å². The molecule has 0 atom stereocenters. The van der Waals surface area contributed by atoms with Crippen molar-refractivity contribution in [2.75, 3.05) is 5.73 Å². The number of benzene rings is 2. The minimum absolute atomic E-state index is 0.267. The van der Waals surface area contributed by atoms with Crippen LogP contribution in [0, 0.1) is 20.8 Å². The quantitative estimate of drug-likeness (QED) is 0.664. The van der Waals surface area contributed by atoms with Gasteiger partial charge in [-0.1, -0.05) is 33.6 Å². The first-order valence-electron chi connectivity index (χ1n) is 6.66. The van der Waals surface area contributed by atoms with Gasteiger partial charge < -0.3 is 10.5 Å². The van der Waals surface area contributed by atoms with E-state index in [1.807, 2.05) is 13.8 Å². The third-order valence-corrected chi connectivity index (χ3v) is 3.80. The first kappa shape index (κ1) is 15.6. The van der Waals surface area contributed by atoms with E-state index in [1.54, 1.807) is 18.2 Å². The predicted octanol–water partition coefficient (Wildman–Crippen LogP) is 4.31. The molecule has 2 aromatic carbocycles. The van der Waals surface area contributed by atoms with Crippen molar-refractivity contribution in [3.63, 3.8) is 0 Å². The second-order valence-electron chi connectivity index (χ2n) is 5.23. The van der Waals surface area contributed by atoms with Crippen LogP contribution < -0.4 is 5.73 Å². The van der Waals surface area contributed by atoms with Crippen LogP contribution in [0.1, 0.15) is 32.6 Å². The molecule has 110 valence electrons. The number of halogens is 1. The molecule has 0 aromatic heterocycles. The minimum atomic E-state index is -0.373. The second-order valence-corrected chi connectivity index (χ2v) is 6.14. The fourth-order valence-electron chi connectivity index (χ4n) is 2.39. The number of carbonyl (C=O) groups excluding carboxylic acids is 1. The molecular formula is C17H18BrNO2. The van der Waals surface area contributed by atoms with Crippen LogP contribution in [0.4, 0.5) is 5.69 Å². The van der Waals surface area contributed by atoms with Gasteiger partial charge in [0.05, 0.1) is 5.56 Å². The van der Waals surface area contributed by atoms with Crippen LogP contribution in [0.2, 0.25) is 0 Å². The SMILES string of the molecule is Cc1cc(C)c(COC(=O)c2cc(N)cc(Br)c2)c(C)c1. The highest BCUT2D eigenvalue weighted by Crippen LogP contribution is 2.20. The third-order valence-electron chi connectivity index (χ3n) is 3.34. The number of nitrogens with two attached hydrogens (primary N) is 1. The fraction of sp³-hybridized carbons (Fsp3) is 0.235. The monoisotopic (exact) mass is 347 g/mol. The van der Waals surface area contributed by atoms with Crippen LogP contribution in [0.5, 0.6) is 0 Å². The lowest BCUT2D eigenvalue weighted by molar-refractivity contribution is 0.0471. The van der Waals surface area contributed by atoms with Gasteiger partial charge in [0.25, 0.3) is 0 Å². The van der Waals surface area contributed by atoms with Crippen LogP contribution in [-0.2, 0) is 11.3 Å². The number of ether oxygens (including phenoxy) is 1. The average Bonchev–Trinajstić information content (AvgIpc) is 2.35. The summed E-state index contributed by atoms with van der Waals surface area (Å²) >= 11 is 3.32. The zero-order valence-corrected chi connectivity index (χ0v) is 14.0. The molecule has 0 aliphatic carbocycles. The van der Waals surface area contributed by atoms with E-state index in [9.17, 15) is 4.79 Å². The molecular weight excluding hydrogens is 330 g/mol. The molecule has 0 radical (unpaired) electrons. The zero-order chi connectivity index (χ0) is 15.6. The van der Waals surface area contributed by atoms with E-state index in [4.69, 9.17) is 10.5 Å². The Morgan fingerprint density at radius 2 is 1.71 bits per heavy atom. The van der Waals surface area contributed by atoms with E-state index in [0.717, 1.165) is 21.2 Å². The maximum absolute atomic E-state index is 12.1. The lowest BCUT2D eigenvalue weighted by Crippen LogP contribution is -2.08.